The summed E-state index contributed by atoms with van der Waals surface area (Å²) in [5, 5.41) is 14.0. The van der Waals surface area contributed by atoms with Crippen molar-refractivity contribution in [2.24, 2.45) is 0 Å². The van der Waals surface area contributed by atoms with E-state index in [-0.39, 0.29) is 17.9 Å². The Morgan fingerprint density at radius 2 is 2.03 bits per heavy atom. The molecule has 0 bridgehead atoms. The normalized spacial score (nSPS) is 18.6. The highest BCUT2D eigenvalue weighted by atomic mass is 16.4. The predicted molar refractivity (Wildman–Crippen MR) is 117 cm³/mol. The van der Waals surface area contributed by atoms with Gasteiger partial charge in [-0.05, 0) is 62.4 Å². The fraction of sp³-hybridized carbons (Fsp3) is 0.435. The molecule has 0 spiro atoms. The van der Waals surface area contributed by atoms with E-state index in [4.69, 9.17) is 5.11 Å². The van der Waals surface area contributed by atoms with Gasteiger partial charge in [0.2, 0.25) is 0 Å². The summed E-state index contributed by atoms with van der Waals surface area (Å²) in [6.45, 7) is 1.72. The Labute approximate surface area is 178 Å². The minimum atomic E-state index is -0.889. The van der Waals surface area contributed by atoms with Crippen molar-refractivity contribution in [2.75, 3.05) is 13.1 Å². The molecule has 8 nitrogen and oxygen atoms in total. The lowest BCUT2D eigenvalue weighted by Gasteiger charge is -2.26. The molecule has 3 aromatic rings. The van der Waals surface area contributed by atoms with Crippen molar-refractivity contribution in [3.8, 4) is 0 Å². The van der Waals surface area contributed by atoms with Crippen LogP contribution >= 0.6 is 0 Å². The van der Waals surface area contributed by atoms with E-state index in [9.17, 15) is 14.4 Å². The number of aromatic nitrogens is 2. The molecule has 0 unspecified atom stereocenters. The van der Waals surface area contributed by atoms with Crippen LogP contribution in [0.3, 0.4) is 0 Å². The maximum absolute atomic E-state index is 13.4. The molecule has 1 saturated carbocycles. The number of hydrogen-bond acceptors (Lipinski definition) is 4. The molecule has 1 saturated heterocycles. The second-order valence-corrected chi connectivity index (χ2v) is 8.65. The van der Waals surface area contributed by atoms with Crippen LogP contribution in [-0.4, -0.2) is 57.0 Å². The first kappa shape index (κ1) is 19.8. The van der Waals surface area contributed by atoms with Crippen LogP contribution in [0, 0.1) is 0 Å². The average Bonchev–Trinajstić information content (AvgIpc) is 3.28. The number of rotatable bonds is 7. The number of aromatic amines is 2. The lowest BCUT2D eigenvalue weighted by molar-refractivity contribution is -0.136. The molecule has 1 aliphatic heterocycles. The second-order valence-electron chi connectivity index (χ2n) is 8.65. The topological polar surface area (TPSA) is 118 Å². The quantitative estimate of drug-likeness (QED) is 0.466. The lowest BCUT2D eigenvalue weighted by Crippen LogP contribution is -2.42. The Bertz CT molecular complexity index is 1220. The number of hydrogen-bond donors (Lipinski definition) is 4. The molecular weight excluding hydrogens is 396 g/mol. The first-order valence-corrected chi connectivity index (χ1v) is 10.9. The number of carboxylic acid groups (broad SMARTS) is 1. The van der Waals surface area contributed by atoms with Crippen LogP contribution in [0.1, 0.15) is 48.0 Å². The smallest absolute Gasteiger partial charge is 0.303 e. The van der Waals surface area contributed by atoms with E-state index in [0.717, 1.165) is 49.7 Å². The van der Waals surface area contributed by atoms with Crippen molar-refractivity contribution in [3.05, 3.63) is 45.9 Å². The van der Waals surface area contributed by atoms with E-state index in [1.54, 1.807) is 18.3 Å². The van der Waals surface area contributed by atoms with Gasteiger partial charge in [-0.2, -0.15) is 0 Å². The SMILES string of the molecule is O=C(O)CCc1c[nH]c2c(=O)[nH]c3ccc(C(=O)N(C[C@@H]4CCCN4)C4CC4)cc3c12. The molecule has 162 valence electrons. The highest BCUT2D eigenvalue weighted by Gasteiger charge is 2.35. The van der Waals surface area contributed by atoms with Crippen molar-refractivity contribution in [1.29, 1.82) is 0 Å². The third-order valence-corrected chi connectivity index (χ3v) is 6.41. The lowest BCUT2D eigenvalue weighted by atomic mass is 10.0. The van der Waals surface area contributed by atoms with Gasteiger partial charge >= 0.3 is 5.97 Å². The molecule has 2 aliphatic rings. The fourth-order valence-electron chi connectivity index (χ4n) is 4.67. The van der Waals surface area contributed by atoms with Gasteiger partial charge in [-0.15, -0.1) is 0 Å². The van der Waals surface area contributed by atoms with E-state index < -0.39 is 5.97 Å². The zero-order chi connectivity index (χ0) is 21.5. The first-order chi connectivity index (χ1) is 15.0. The third kappa shape index (κ3) is 3.83. The van der Waals surface area contributed by atoms with Gasteiger partial charge in [0.05, 0.1) is 0 Å². The van der Waals surface area contributed by atoms with Gasteiger partial charge in [0, 0.05) is 53.1 Å². The van der Waals surface area contributed by atoms with E-state index >= 15 is 0 Å². The number of nitrogens with one attached hydrogen (secondary N) is 3. The van der Waals surface area contributed by atoms with E-state index in [2.05, 4.69) is 15.3 Å². The molecule has 31 heavy (non-hydrogen) atoms. The third-order valence-electron chi connectivity index (χ3n) is 6.41. The maximum atomic E-state index is 13.4. The Hall–Kier alpha value is -3.13. The molecule has 2 fully saturated rings. The Morgan fingerprint density at radius 1 is 1.19 bits per heavy atom. The van der Waals surface area contributed by atoms with Crippen LogP contribution < -0.4 is 10.9 Å². The number of benzene rings is 1. The minimum absolute atomic E-state index is 0.0140. The number of pyridine rings is 1. The summed E-state index contributed by atoms with van der Waals surface area (Å²) in [6, 6.07) is 6.04. The minimum Gasteiger partial charge on any atom is -0.481 e. The first-order valence-electron chi connectivity index (χ1n) is 10.9. The molecule has 5 rings (SSSR count). The Kier molecular flexibility index (Phi) is 5.02. The zero-order valence-electron chi connectivity index (χ0n) is 17.2. The number of aryl methyl sites for hydroxylation is 1. The van der Waals surface area contributed by atoms with Crippen molar-refractivity contribution in [2.45, 2.75) is 50.6 Å². The predicted octanol–water partition coefficient (Wildman–Crippen LogP) is 2.38. The summed E-state index contributed by atoms with van der Waals surface area (Å²) in [4.78, 5) is 44.8. The number of nitrogens with zero attached hydrogens (tertiary/aromatic N) is 1. The number of carbonyl (C=O) groups excluding carboxylic acids is 1. The van der Waals surface area contributed by atoms with E-state index in [1.807, 2.05) is 11.0 Å². The van der Waals surface area contributed by atoms with Gasteiger partial charge in [-0.1, -0.05) is 0 Å². The van der Waals surface area contributed by atoms with Crippen molar-refractivity contribution < 1.29 is 14.7 Å². The number of carbonyl (C=O) groups is 2. The molecule has 1 aliphatic carbocycles. The van der Waals surface area contributed by atoms with Crippen molar-refractivity contribution >= 4 is 33.7 Å². The largest absolute Gasteiger partial charge is 0.481 e. The summed E-state index contributed by atoms with van der Waals surface area (Å²) in [5.74, 6) is -0.875. The van der Waals surface area contributed by atoms with E-state index in [0.29, 0.717) is 40.5 Å². The van der Waals surface area contributed by atoms with Crippen molar-refractivity contribution in [3.63, 3.8) is 0 Å². The van der Waals surface area contributed by atoms with E-state index in [1.165, 1.54) is 0 Å². The average molecular weight is 422 g/mol. The molecule has 0 radical (unpaired) electrons. The highest BCUT2D eigenvalue weighted by Crippen LogP contribution is 2.31. The Balaban J connectivity index is 1.54. The monoisotopic (exact) mass is 422 g/mol. The summed E-state index contributed by atoms with van der Waals surface area (Å²) >= 11 is 0. The summed E-state index contributed by atoms with van der Waals surface area (Å²) in [7, 11) is 0. The fourth-order valence-corrected chi connectivity index (χ4v) is 4.67. The van der Waals surface area contributed by atoms with Crippen LogP contribution in [0.4, 0.5) is 0 Å². The second kappa shape index (κ2) is 7.85. The Morgan fingerprint density at radius 3 is 2.74 bits per heavy atom. The van der Waals surface area contributed by atoms with Gasteiger partial charge in [-0.25, -0.2) is 0 Å². The van der Waals surface area contributed by atoms with Gasteiger partial charge in [-0.3, -0.25) is 14.4 Å². The van der Waals surface area contributed by atoms with Gasteiger partial charge in [0.1, 0.15) is 5.52 Å². The number of amides is 1. The number of carboxylic acids is 1. The maximum Gasteiger partial charge on any atom is 0.303 e. The van der Waals surface area contributed by atoms with Crippen molar-refractivity contribution in [1.82, 2.24) is 20.2 Å². The molecule has 1 atom stereocenters. The zero-order valence-corrected chi connectivity index (χ0v) is 17.2. The molecule has 1 aromatic carbocycles. The summed E-state index contributed by atoms with van der Waals surface area (Å²) < 4.78 is 0. The van der Waals surface area contributed by atoms with Crippen LogP contribution in [0.2, 0.25) is 0 Å². The number of fused-ring (bicyclic) bond motifs is 3. The molecule has 4 N–H and O–H groups in total. The summed E-state index contributed by atoms with van der Waals surface area (Å²) in [5.41, 5.74) is 2.16. The molecule has 2 aromatic heterocycles. The summed E-state index contributed by atoms with van der Waals surface area (Å²) in [6.07, 6.45) is 6.30. The van der Waals surface area contributed by atoms with Gasteiger partial charge < -0.3 is 25.3 Å². The molecule has 8 heteroatoms. The van der Waals surface area contributed by atoms with Gasteiger partial charge in [0.15, 0.2) is 0 Å². The molecule has 3 heterocycles. The standard InChI is InChI=1S/C23H26N4O4/c28-19(29)8-4-14-11-25-21-20(14)17-10-13(3-7-18(17)26-22(21)30)23(31)27(16-5-6-16)12-15-2-1-9-24-15/h3,7,10-11,15-16,24-25H,1-2,4-6,8-9,12H2,(H,26,30)(H,28,29)/t15-/m0/s1. The van der Waals surface area contributed by atoms with Crippen LogP contribution in [0.15, 0.2) is 29.2 Å². The number of aliphatic carboxylic acids is 1. The van der Waals surface area contributed by atoms with Gasteiger partial charge in [0.25, 0.3) is 11.5 Å². The molecule has 1 amide bonds. The van der Waals surface area contributed by atoms with Crippen LogP contribution in [0.5, 0.6) is 0 Å². The molecular formula is C23H26N4O4. The highest BCUT2D eigenvalue weighted by molar-refractivity contribution is 6.09. The number of H-pyrrole nitrogens is 2. The van der Waals surface area contributed by atoms with Crippen LogP contribution in [-0.2, 0) is 11.2 Å². The van der Waals surface area contributed by atoms with Crippen LogP contribution in [0.25, 0.3) is 21.8 Å².